The van der Waals surface area contributed by atoms with E-state index in [1.165, 1.54) is 0 Å². The lowest BCUT2D eigenvalue weighted by atomic mass is 9.88. The van der Waals surface area contributed by atoms with Gasteiger partial charge in [0.05, 0.1) is 31.0 Å². The summed E-state index contributed by atoms with van der Waals surface area (Å²) >= 11 is 0. The summed E-state index contributed by atoms with van der Waals surface area (Å²) in [4.78, 5) is 0. The zero-order valence-corrected chi connectivity index (χ0v) is 11.4. The highest BCUT2D eigenvalue weighted by Crippen LogP contribution is 2.27. The van der Waals surface area contributed by atoms with E-state index in [9.17, 15) is 5.11 Å². The molecule has 0 saturated heterocycles. The maximum absolute atomic E-state index is 9.55. The summed E-state index contributed by atoms with van der Waals surface area (Å²) in [6, 6.07) is 0. The zero-order chi connectivity index (χ0) is 12.9. The molecule has 1 saturated carbocycles. The van der Waals surface area contributed by atoms with E-state index >= 15 is 0 Å². The first-order chi connectivity index (χ1) is 7.94. The lowest BCUT2D eigenvalue weighted by Crippen LogP contribution is -2.54. The molecule has 0 aliphatic heterocycles. The summed E-state index contributed by atoms with van der Waals surface area (Å²) in [5, 5.41) is 9.55. The maximum Gasteiger partial charge on any atom is 0.110 e. The average molecular weight is 246 g/mol. The minimum Gasteiger partial charge on any atom is -0.390 e. The van der Waals surface area contributed by atoms with Crippen molar-refractivity contribution in [2.45, 2.75) is 64.4 Å². The molecule has 1 fully saturated rings. The molecule has 0 amide bonds. The minimum absolute atomic E-state index is 0.0279. The number of hydrogen-bond donors (Lipinski definition) is 1. The standard InChI is InChI=1S/C13H26O4/c1-5-6-16-12-10(14)9-11(12)15-7-8-17-13(2,3)4/h10-12,14H,5-9H2,1-4H3. The molecule has 3 unspecified atom stereocenters. The van der Waals surface area contributed by atoms with Crippen molar-refractivity contribution < 1.29 is 19.3 Å². The van der Waals surface area contributed by atoms with Crippen molar-refractivity contribution in [2.75, 3.05) is 19.8 Å². The minimum atomic E-state index is -0.366. The molecule has 1 aliphatic rings. The molecule has 4 heteroatoms. The van der Waals surface area contributed by atoms with Crippen LogP contribution in [-0.2, 0) is 14.2 Å². The highest BCUT2D eigenvalue weighted by atomic mass is 16.6. The second-order valence-corrected chi connectivity index (χ2v) is 5.51. The largest absolute Gasteiger partial charge is 0.390 e. The molecule has 0 spiro atoms. The van der Waals surface area contributed by atoms with Crippen LogP contribution in [-0.4, -0.2) is 48.8 Å². The van der Waals surface area contributed by atoms with Crippen LogP contribution in [0.25, 0.3) is 0 Å². The predicted octanol–water partition coefficient (Wildman–Crippen LogP) is 1.75. The Balaban J connectivity index is 2.11. The van der Waals surface area contributed by atoms with Crippen LogP contribution in [0, 0.1) is 0 Å². The van der Waals surface area contributed by atoms with Gasteiger partial charge >= 0.3 is 0 Å². The monoisotopic (exact) mass is 246 g/mol. The van der Waals surface area contributed by atoms with Crippen LogP contribution in [0.2, 0.25) is 0 Å². The van der Waals surface area contributed by atoms with Crippen LogP contribution in [0.3, 0.4) is 0 Å². The van der Waals surface area contributed by atoms with Crippen molar-refractivity contribution >= 4 is 0 Å². The van der Waals surface area contributed by atoms with Crippen molar-refractivity contribution in [3.05, 3.63) is 0 Å². The zero-order valence-electron chi connectivity index (χ0n) is 11.4. The highest BCUT2D eigenvalue weighted by Gasteiger charge is 2.41. The lowest BCUT2D eigenvalue weighted by molar-refractivity contribution is -0.198. The van der Waals surface area contributed by atoms with Gasteiger partial charge in [-0.25, -0.2) is 0 Å². The first kappa shape index (κ1) is 14.9. The van der Waals surface area contributed by atoms with Crippen molar-refractivity contribution in [2.24, 2.45) is 0 Å². The van der Waals surface area contributed by atoms with E-state index in [2.05, 4.69) is 6.92 Å². The van der Waals surface area contributed by atoms with E-state index in [1.807, 2.05) is 20.8 Å². The summed E-state index contributed by atoms with van der Waals surface area (Å²) in [6.07, 6.45) is 1.15. The van der Waals surface area contributed by atoms with E-state index in [4.69, 9.17) is 14.2 Å². The van der Waals surface area contributed by atoms with Crippen molar-refractivity contribution in [3.63, 3.8) is 0 Å². The summed E-state index contributed by atoms with van der Waals surface area (Å²) < 4.78 is 16.7. The summed E-state index contributed by atoms with van der Waals surface area (Å²) in [6.45, 7) is 9.93. The first-order valence-electron chi connectivity index (χ1n) is 6.49. The number of aliphatic hydroxyl groups excluding tert-OH is 1. The average Bonchev–Trinajstić information content (AvgIpc) is 2.21. The molecular formula is C13H26O4. The maximum atomic E-state index is 9.55. The van der Waals surface area contributed by atoms with E-state index in [0.717, 1.165) is 6.42 Å². The van der Waals surface area contributed by atoms with Gasteiger partial charge in [0.1, 0.15) is 6.10 Å². The van der Waals surface area contributed by atoms with Gasteiger partial charge in [0, 0.05) is 13.0 Å². The van der Waals surface area contributed by atoms with Crippen molar-refractivity contribution in [3.8, 4) is 0 Å². The van der Waals surface area contributed by atoms with Gasteiger partial charge in [0.15, 0.2) is 0 Å². The van der Waals surface area contributed by atoms with Crippen LogP contribution in [0.4, 0.5) is 0 Å². The molecule has 0 bridgehead atoms. The molecule has 1 N–H and O–H groups in total. The van der Waals surface area contributed by atoms with Gasteiger partial charge in [0.25, 0.3) is 0 Å². The fourth-order valence-corrected chi connectivity index (χ4v) is 1.74. The van der Waals surface area contributed by atoms with Crippen LogP contribution >= 0.6 is 0 Å². The number of ether oxygens (including phenoxy) is 3. The Morgan fingerprint density at radius 2 is 1.82 bits per heavy atom. The highest BCUT2D eigenvalue weighted by molar-refractivity contribution is 4.91. The number of rotatable bonds is 7. The van der Waals surface area contributed by atoms with E-state index < -0.39 is 0 Å². The molecular weight excluding hydrogens is 220 g/mol. The fourth-order valence-electron chi connectivity index (χ4n) is 1.74. The molecule has 17 heavy (non-hydrogen) atoms. The number of aliphatic hydroxyl groups is 1. The summed E-state index contributed by atoms with van der Waals surface area (Å²) in [5.74, 6) is 0. The predicted molar refractivity (Wildman–Crippen MR) is 66.1 cm³/mol. The lowest BCUT2D eigenvalue weighted by Gasteiger charge is -2.40. The van der Waals surface area contributed by atoms with Gasteiger partial charge in [-0.15, -0.1) is 0 Å². The summed E-state index contributed by atoms with van der Waals surface area (Å²) in [5.41, 5.74) is -0.124. The topological polar surface area (TPSA) is 47.9 Å². The third kappa shape index (κ3) is 5.34. The Bertz CT molecular complexity index is 212. The number of hydrogen-bond acceptors (Lipinski definition) is 4. The van der Waals surface area contributed by atoms with Gasteiger partial charge in [-0.1, -0.05) is 6.92 Å². The molecule has 1 aliphatic carbocycles. The molecule has 3 atom stereocenters. The van der Waals surface area contributed by atoms with Crippen LogP contribution in [0.5, 0.6) is 0 Å². The van der Waals surface area contributed by atoms with E-state index in [1.54, 1.807) is 0 Å². The van der Waals surface area contributed by atoms with Crippen LogP contribution < -0.4 is 0 Å². The molecule has 102 valence electrons. The van der Waals surface area contributed by atoms with Crippen LogP contribution in [0.1, 0.15) is 40.5 Å². The van der Waals surface area contributed by atoms with Crippen LogP contribution in [0.15, 0.2) is 0 Å². The molecule has 0 radical (unpaired) electrons. The Morgan fingerprint density at radius 1 is 1.12 bits per heavy atom. The van der Waals surface area contributed by atoms with Crippen molar-refractivity contribution in [1.82, 2.24) is 0 Å². The third-order valence-electron chi connectivity index (χ3n) is 2.68. The normalized spacial score (nSPS) is 29.1. The third-order valence-corrected chi connectivity index (χ3v) is 2.68. The quantitative estimate of drug-likeness (QED) is 0.695. The SMILES string of the molecule is CCCOC1C(O)CC1OCCOC(C)(C)C. The Labute approximate surface area is 104 Å². The molecule has 0 aromatic heterocycles. The first-order valence-corrected chi connectivity index (χ1v) is 6.49. The smallest absolute Gasteiger partial charge is 0.110 e. The van der Waals surface area contributed by atoms with Gasteiger partial charge < -0.3 is 19.3 Å². The van der Waals surface area contributed by atoms with Gasteiger partial charge in [0.2, 0.25) is 0 Å². The molecule has 1 rings (SSSR count). The van der Waals surface area contributed by atoms with E-state index in [-0.39, 0.29) is 23.9 Å². The van der Waals surface area contributed by atoms with Crippen molar-refractivity contribution in [1.29, 1.82) is 0 Å². The molecule has 0 aromatic carbocycles. The molecule has 0 heterocycles. The van der Waals surface area contributed by atoms with E-state index in [0.29, 0.717) is 26.2 Å². The van der Waals surface area contributed by atoms with Gasteiger partial charge in [-0.2, -0.15) is 0 Å². The molecule has 0 aromatic rings. The second kappa shape index (κ2) is 6.69. The fraction of sp³-hybridized carbons (Fsp3) is 1.00. The Hall–Kier alpha value is -0.160. The molecule has 4 nitrogen and oxygen atoms in total. The van der Waals surface area contributed by atoms with Gasteiger partial charge in [-0.3, -0.25) is 0 Å². The summed E-state index contributed by atoms with van der Waals surface area (Å²) in [7, 11) is 0. The van der Waals surface area contributed by atoms with Gasteiger partial charge in [-0.05, 0) is 27.2 Å². The Morgan fingerprint density at radius 3 is 2.35 bits per heavy atom. The Kier molecular flexibility index (Phi) is 5.86. The second-order valence-electron chi connectivity index (χ2n) is 5.51.